The Morgan fingerprint density at radius 2 is 1.88 bits per heavy atom. The second-order valence-corrected chi connectivity index (χ2v) is 5.59. The van der Waals surface area contributed by atoms with Gasteiger partial charge < -0.3 is 24.5 Å². The Labute approximate surface area is 150 Å². The third-order valence-corrected chi connectivity index (χ3v) is 3.94. The largest absolute Gasteiger partial charge is 0.493 e. The van der Waals surface area contributed by atoms with E-state index in [-0.39, 0.29) is 5.56 Å². The highest BCUT2D eigenvalue weighted by Crippen LogP contribution is 2.31. The molecule has 0 atom stereocenters. The molecule has 2 heterocycles. The fraction of sp³-hybridized carbons (Fsp3) is 0.263. The average Bonchev–Trinajstić information content (AvgIpc) is 2.66. The van der Waals surface area contributed by atoms with Crippen LogP contribution >= 0.6 is 0 Å². The van der Waals surface area contributed by atoms with Gasteiger partial charge in [0.15, 0.2) is 11.5 Å². The summed E-state index contributed by atoms with van der Waals surface area (Å²) in [7, 11) is 3.14. The molecule has 0 unspecified atom stereocenters. The van der Waals surface area contributed by atoms with Gasteiger partial charge in [-0.05, 0) is 25.1 Å². The standard InChI is InChI=1S/C19H21N3O4/c1-4-26-18-6-5-14(11-21-18)20-10-13-7-12-8-16(24-2)17(25-3)9-15(12)22-19(13)23/h5-9,11,20H,4,10H2,1-3H3,(H,22,23). The van der Waals surface area contributed by atoms with Crippen molar-refractivity contribution in [3.05, 3.63) is 52.4 Å². The molecule has 3 aromatic rings. The van der Waals surface area contributed by atoms with Crippen molar-refractivity contribution in [3.8, 4) is 17.4 Å². The fourth-order valence-corrected chi connectivity index (χ4v) is 2.62. The molecule has 26 heavy (non-hydrogen) atoms. The van der Waals surface area contributed by atoms with Crippen LogP contribution in [0.25, 0.3) is 10.9 Å². The number of rotatable bonds is 7. The molecule has 2 aromatic heterocycles. The summed E-state index contributed by atoms with van der Waals surface area (Å²) in [6.07, 6.45) is 1.67. The molecule has 7 nitrogen and oxygen atoms in total. The van der Waals surface area contributed by atoms with E-state index in [1.54, 1.807) is 32.5 Å². The van der Waals surface area contributed by atoms with Crippen molar-refractivity contribution >= 4 is 16.6 Å². The first-order valence-electron chi connectivity index (χ1n) is 8.25. The number of anilines is 1. The molecule has 3 rings (SSSR count). The maximum atomic E-state index is 12.3. The molecule has 0 saturated heterocycles. The van der Waals surface area contributed by atoms with Crippen LogP contribution in [0.4, 0.5) is 5.69 Å². The minimum absolute atomic E-state index is 0.156. The number of H-pyrrole nitrogens is 1. The summed E-state index contributed by atoms with van der Waals surface area (Å²) in [5.41, 5.74) is 1.95. The van der Waals surface area contributed by atoms with Crippen molar-refractivity contribution in [3.63, 3.8) is 0 Å². The molecule has 0 saturated carbocycles. The van der Waals surface area contributed by atoms with Gasteiger partial charge in [0.05, 0.1) is 38.2 Å². The maximum Gasteiger partial charge on any atom is 0.253 e. The van der Waals surface area contributed by atoms with Gasteiger partial charge in [-0.15, -0.1) is 0 Å². The van der Waals surface area contributed by atoms with Crippen LogP contribution in [-0.2, 0) is 6.54 Å². The van der Waals surface area contributed by atoms with Crippen molar-refractivity contribution < 1.29 is 14.2 Å². The lowest BCUT2D eigenvalue weighted by molar-refractivity contribution is 0.327. The summed E-state index contributed by atoms with van der Waals surface area (Å²) in [5.74, 6) is 1.76. The average molecular weight is 355 g/mol. The zero-order valence-electron chi connectivity index (χ0n) is 15.0. The lowest BCUT2D eigenvalue weighted by Crippen LogP contribution is -2.15. The molecule has 1 aromatic carbocycles. The summed E-state index contributed by atoms with van der Waals surface area (Å²) >= 11 is 0. The molecule has 0 aliphatic heterocycles. The number of hydrogen-bond donors (Lipinski definition) is 2. The molecule has 2 N–H and O–H groups in total. The molecule has 7 heteroatoms. The van der Waals surface area contributed by atoms with Crippen LogP contribution in [0.1, 0.15) is 12.5 Å². The molecule has 0 aliphatic carbocycles. The number of hydrogen-bond acceptors (Lipinski definition) is 6. The molecule has 0 fully saturated rings. The van der Waals surface area contributed by atoms with Crippen LogP contribution < -0.4 is 25.1 Å². The Bertz CT molecular complexity index is 951. The third kappa shape index (κ3) is 3.72. The van der Waals surface area contributed by atoms with E-state index in [0.717, 1.165) is 11.1 Å². The first kappa shape index (κ1) is 17.6. The van der Waals surface area contributed by atoms with Crippen LogP contribution in [0, 0.1) is 0 Å². The predicted molar refractivity (Wildman–Crippen MR) is 100 cm³/mol. The smallest absolute Gasteiger partial charge is 0.253 e. The first-order valence-corrected chi connectivity index (χ1v) is 8.25. The summed E-state index contributed by atoms with van der Waals surface area (Å²) < 4.78 is 15.9. The van der Waals surface area contributed by atoms with Crippen LogP contribution in [0.15, 0.2) is 41.3 Å². The number of nitrogens with one attached hydrogen (secondary N) is 2. The Hall–Kier alpha value is -3.22. The number of pyridine rings is 2. The van der Waals surface area contributed by atoms with E-state index < -0.39 is 0 Å². The Balaban J connectivity index is 1.83. The minimum atomic E-state index is -0.156. The first-order chi connectivity index (χ1) is 12.6. The zero-order chi connectivity index (χ0) is 18.5. The van der Waals surface area contributed by atoms with E-state index >= 15 is 0 Å². The van der Waals surface area contributed by atoms with Gasteiger partial charge in [0.2, 0.25) is 5.88 Å². The molecular formula is C19H21N3O4. The monoisotopic (exact) mass is 355 g/mol. The van der Waals surface area contributed by atoms with Crippen LogP contribution in [0.3, 0.4) is 0 Å². The third-order valence-electron chi connectivity index (χ3n) is 3.94. The number of nitrogens with zero attached hydrogens (tertiary/aromatic N) is 1. The van der Waals surface area contributed by atoms with Crippen molar-refractivity contribution in [2.75, 3.05) is 26.1 Å². The summed E-state index contributed by atoms with van der Waals surface area (Å²) in [4.78, 5) is 19.4. The zero-order valence-corrected chi connectivity index (χ0v) is 15.0. The highest BCUT2D eigenvalue weighted by Gasteiger charge is 2.09. The number of ether oxygens (including phenoxy) is 3. The van der Waals surface area contributed by atoms with Gasteiger partial charge in [-0.1, -0.05) is 0 Å². The lowest BCUT2D eigenvalue weighted by Gasteiger charge is -2.11. The van der Waals surface area contributed by atoms with E-state index in [9.17, 15) is 4.79 Å². The van der Waals surface area contributed by atoms with Gasteiger partial charge in [0, 0.05) is 29.6 Å². The second kappa shape index (κ2) is 7.77. The minimum Gasteiger partial charge on any atom is -0.493 e. The van der Waals surface area contributed by atoms with Crippen molar-refractivity contribution in [2.45, 2.75) is 13.5 Å². The quantitative estimate of drug-likeness (QED) is 0.678. The molecule has 136 valence electrons. The number of aromatic nitrogens is 2. The number of benzene rings is 1. The molecular weight excluding hydrogens is 334 g/mol. The maximum absolute atomic E-state index is 12.3. The highest BCUT2D eigenvalue weighted by atomic mass is 16.5. The lowest BCUT2D eigenvalue weighted by atomic mass is 10.1. The molecule has 0 amide bonds. The van der Waals surface area contributed by atoms with Gasteiger partial charge in [0.25, 0.3) is 5.56 Å². The predicted octanol–water partition coefficient (Wildman–Crippen LogP) is 2.95. The van der Waals surface area contributed by atoms with Crippen LogP contribution in [-0.4, -0.2) is 30.8 Å². The van der Waals surface area contributed by atoms with Gasteiger partial charge in [-0.3, -0.25) is 4.79 Å². The van der Waals surface area contributed by atoms with Gasteiger partial charge in [0.1, 0.15) is 0 Å². The van der Waals surface area contributed by atoms with Crippen molar-refractivity contribution in [2.24, 2.45) is 0 Å². The molecule has 0 spiro atoms. The SMILES string of the molecule is CCOc1ccc(NCc2cc3cc(OC)c(OC)cc3[nH]c2=O)cn1. The Morgan fingerprint density at radius 3 is 2.54 bits per heavy atom. The van der Waals surface area contributed by atoms with E-state index in [1.807, 2.05) is 25.1 Å². The second-order valence-electron chi connectivity index (χ2n) is 5.59. The van der Waals surface area contributed by atoms with Gasteiger partial charge >= 0.3 is 0 Å². The van der Waals surface area contributed by atoms with Crippen LogP contribution in [0.5, 0.6) is 17.4 Å². The van der Waals surface area contributed by atoms with Crippen molar-refractivity contribution in [1.82, 2.24) is 9.97 Å². The van der Waals surface area contributed by atoms with Crippen LogP contribution in [0.2, 0.25) is 0 Å². The Kier molecular flexibility index (Phi) is 5.26. The molecule has 0 aliphatic rings. The highest BCUT2D eigenvalue weighted by molar-refractivity contribution is 5.83. The summed E-state index contributed by atoms with van der Waals surface area (Å²) in [6.45, 7) is 2.85. The summed E-state index contributed by atoms with van der Waals surface area (Å²) in [6, 6.07) is 9.08. The van der Waals surface area contributed by atoms with Gasteiger partial charge in [-0.25, -0.2) is 4.98 Å². The normalized spacial score (nSPS) is 10.6. The molecule has 0 radical (unpaired) electrons. The van der Waals surface area contributed by atoms with Crippen molar-refractivity contribution in [1.29, 1.82) is 0 Å². The number of methoxy groups -OCH3 is 2. The van der Waals surface area contributed by atoms with E-state index in [0.29, 0.717) is 41.6 Å². The Morgan fingerprint density at radius 1 is 1.12 bits per heavy atom. The fourth-order valence-electron chi connectivity index (χ4n) is 2.62. The molecule has 0 bridgehead atoms. The van der Waals surface area contributed by atoms with E-state index in [4.69, 9.17) is 14.2 Å². The number of aromatic amines is 1. The number of fused-ring (bicyclic) bond motifs is 1. The van der Waals surface area contributed by atoms with E-state index in [1.165, 1.54) is 0 Å². The summed E-state index contributed by atoms with van der Waals surface area (Å²) in [5, 5.41) is 4.06. The van der Waals surface area contributed by atoms with E-state index in [2.05, 4.69) is 15.3 Å². The van der Waals surface area contributed by atoms with Gasteiger partial charge in [-0.2, -0.15) is 0 Å². The topological polar surface area (TPSA) is 85.5 Å².